The Morgan fingerprint density at radius 3 is 2.53 bits per heavy atom. The molecule has 0 fully saturated rings. The quantitative estimate of drug-likeness (QED) is 0.492. The molecule has 17 heavy (non-hydrogen) atoms. The number of hydrogen-bond acceptors (Lipinski definition) is 4. The maximum Gasteiger partial charge on any atom is 0.295 e. The molecule has 0 aliphatic carbocycles. The van der Waals surface area contributed by atoms with Crippen LogP contribution >= 0.6 is 0 Å². The van der Waals surface area contributed by atoms with Gasteiger partial charge >= 0.3 is 0 Å². The first-order chi connectivity index (χ1) is 7.88. The van der Waals surface area contributed by atoms with Crippen molar-refractivity contribution in [1.82, 2.24) is 0 Å². The fraction of sp³-hybridized carbons (Fsp3) is 0.364. The summed E-state index contributed by atoms with van der Waals surface area (Å²) in [6.07, 6.45) is 0.486. The van der Waals surface area contributed by atoms with Crippen LogP contribution in [0.3, 0.4) is 0 Å². The predicted octanol–water partition coefficient (Wildman–Crippen LogP) is 1.72. The van der Waals surface area contributed by atoms with Crippen molar-refractivity contribution in [3.8, 4) is 0 Å². The van der Waals surface area contributed by atoms with Gasteiger partial charge < -0.3 is 10.6 Å². The number of carbonyl (C=O) groups is 1. The van der Waals surface area contributed by atoms with Crippen LogP contribution in [0.15, 0.2) is 12.1 Å². The maximum absolute atomic E-state index is 11.2. The molecular formula is C11H15N3O3. The van der Waals surface area contributed by atoms with Gasteiger partial charge in [0.25, 0.3) is 5.69 Å². The molecule has 0 aliphatic heterocycles. The van der Waals surface area contributed by atoms with Gasteiger partial charge in [-0.1, -0.05) is 6.92 Å². The van der Waals surface area contributed by atoms with Crippen LogP contribution in [-0.2, 0) is 11.2 Å². The van der Waals surface area contributed by atoms with Crippen LogP contribution in [0.4, 0.5) is 17.1 Å². The Kier molecular flexibility index (Phi) is 3.67. The molecule has 0 saturated carbocycles. The lowest BCUT2D eigenvalue weighted by Gasteiger charge is -2.16. The second-order valence-electron chi connectivity index (χ2n) is 3.73. The molecule has 0 radical (unpaired) electrons. The van der Waals surface area contributed by atoms with Crippen LogP contribution in [0.25, 0.3) is 0 Å². The molecule has 0 aromatic heterocycles. The van der Waals surface area contributed by atoms with Gasteiger partial charge in [0.2, 0.25) is 5.91 Å². The van der Waals surface area contributed by atoms with E-state index in [-0.39, 0.29) is 17.3 Å². The molecule has 0 bridgehead atoms. The van der Waals surface area contributed by atoms with Gasteiger partial charge in [-0.05, 0) is 18.6 Å². The average molecular weight is 237 g/mol. The Hall–Kier alpha value is -2.11. The van der Waals surface area contributed by atoms with Crippen LogP contribution in [0.2, 0.25) is 0 Å². The second kappa shape index (κ2) is 4.82. The van der Waals surface area contributed by atoms with Crippen molar-refractivity contribution in [2.24, 2.45) is 0 Å². The number of amides is 1. The summed E-state index contributed by atoms with van der Waals surface area (Å²) >= 11 is 0. The zero-order valence-corrected chi connectivity index (χ0v) is 10.1. The Balaban J connectivity index is 3.36. The Labute approximate surface area is 99.2 Å². The number of nitrogens with two attached hydrogens (primary N) is 1. The number of carbonyl (C=O) groups excluding carboxylic acids is 1. The number of nitro benzene ring substituents is 1. The zero-order chi connectivity index (χ0) is 13.2. The largest absolute Gasteiger partial charge is 0.393 e. The molecule has 1 rings (SSSR count). The number of benzene rings is 1. The summed E-state index contributed by atoms with van der Waals surface area (Å²) < 4.78 is 0. The molecule has 0 atom stereocenters. The van der Waals surface area contributed by atoms with Crippen molar-refractivity contribution < 1.29 is 9.72 Å². The third-order valence-corrected chi connectivity index (χ3v) is 2.63. The smallest absolute Gasteiger partial charge is 0.295 e. The summed E-state index contributed by atoms with van der Waals surface area (Å²) in [6, 6.07) is 3.06. The van der Waals surface area contributed by atoms with Crippen molar-refractivity contribution >= 4 is 23.0 Å². The van der Waals surface area contributed by atoms with Crippen LogP contribution < -0.4 is 10.6 Å². The van der Waals surface area contributed by atoms with Gasteiger partial charge in [0.05, 0.1) is 4.92 Å². The lowest BCUT2D eigenvalue weighted by Crippen LogP contribution is -2.23. The number of nitrogens with zero attached hydrogens (tertiary/aromatic N) is 2. The van der Waals surface area contributed by atoms with E-state index in [1.807, 2.05) is 0 Å². The van der Waals surface area contributed by atoms with Crippen molar-refractivity contribution in [2.75, 3.05) is 17.7 Å². The summed E-state index contributed by atoms with van der Waals surface area (Å²) in [6.45, 7) is 3.22. The minimum absolute atomic E-state index is 0.0757. The number of aryl methyl sites for hydroxylation is 1. The zero-order valence-electron chi connectivity index (χ0n) is 10.1. The standard InChI is InChI=1S/C11H15N3O3/c1-4-8-5-9(13(3)7(2)15)6-10(12)11(8)14(16)17/h5-6H,4,12H2,1-3H3. The molecule has 6 nitrogen and oxygen atoms in total. The molecule has 0 saturated heterocycles. The van der Waals surface area contributed by atoms with Crippen molar-refractivity contribution in [1.29, 1.82) is 0 Å². The summed E-state index contributed by atoms with van der Waals surface area (Å²) in [7, 11) is 1.60. The lowest BCUT2D eigenvalue weighted by molar-refractivity contribution is -0.384. The van der Waals surface area contributed by atoms with Gasteiger partial charge in [-0.2, -0.15) is 0 Å². The first-order valence-electron chi connectivity index (χ1n) is 5.19. The van der Waals surface area contributed by atoms with Crippen molar-refractivity contribution in [2.45, 2.75) is 20.3 Å². The summed E-state index contributed by atoms with van der Waals surface area (Å²) in [5.74, 6) is -0.152. The predicted molar refractivity (Wildman–Crippen MR) is 66.0 cm³/mol. The molecule has 2 N–H and O–H groups in total. The van der Waals surface area contributed by atoms with E-state index in [1.54, 1.807) is 20.0 Å². The van der Waals surface area contributed by atoms with E-state index in [9.17, 15) is 14.9 Å². The molecular weight excluding hydrogens is 222 g/mol. The van der Waals surface area contributed by atoms with Gasteiger partial charge in [0.1, 0.15) is 5.69 Å². The minimum Gasteiger partial charge on any atom is -0.393 e. The Morgan fingerprint density at radius 1 is 1.53 bits per heavy atom. The monoisotopic (exact) mass is 237 g/mol. The van der Waals surface area contributed by atoms with Crippen LogP contribution in [-0.4, -0.2) is 17.9 Å². The number of rotatable bonds is 3. The van der Waals surface area contributed by atoms with Gasteiger partial charge in [0.15, 0.2) is 0 Å². The van der Waals surface area contributed by atoms with E-state index in [4.69, 9.17) is 5.73 Å². The summed E-state index contributed by atoms with van der Waals surface area (Å²) in [4.78, 5) is 23.0. The highest BCUT2D eigenvalue weighted by Gasteiger charge is 2.20. The fourth-order valence-electron chi connectivity index (χ4n) is 1.57. The summed E-state index contributed by atoms with van der Waals surface area (Å²) in [5, 5.41) is 10.9. The third-order valence-electron chi connectivity index (χ3n) is 2.63. The summed E-state index contributed by atoms with van der Waals surface area (Å²) in [5.41, 5.74) is 6.76. The molecule has 6 heteroatoms. The van der Waals surface area contributed by atoms with Crippen LogP contribution in [0.5, 0.6) is 0 Å². The number of nitrogen functional groups attached to an aromatic ring is 1. The fourth-order valence-corrected chi connectivity index (χ4v) is 1.57. The highest BCUT2D eigenvalue weighted by atomic mass is 16.6. The molecule has 0 aliphatic rings. The van der Waals surface area contributed by atoms with Crippen molar-refractivity contribution in [3.63, 3.8) is 0 Å². The first kappa shape index (κ1) is 13.0. The first-order valence-corrected chi connectivity index (χ1v) is 5.19. The lowest BCUT2D eigenvalue weighted by atomic mass is 10.1. The Morgan fingerprint density at radius 2 is 2.12 bits per heavy atom. The molecule has 0 spiro atoms. The van der Waals surface area contributed by atoms with Gasteiger partial charge in [-0.3, -0.25) is 14.9 Å². The topological polar surface area (TPSA) is 89.5 Å². The van der Waals surface area contributed by atoms with Gasteiger partial charge in [-0.25, -0.2) is 0 Å². The van der Waals surface area contributed by atoms with Crippen LogP contribution in [0.1, 0.15) is 19.4 Å². The number of hydrogen-bond donors (Lipinski definition) is 1. The van der Waals surface area contributed by atoms with E-state index in [2.05, 4.69) is 0 Å². The van der Waals surface area contributed by atoms with Crippen LogP contribution in [0, 0.1) is 10.1 Å². The SMILES string of the molecule is CCc1cc(N(C)C(C)=O)cc(N)c1[N+](=O)[O-]. The van der Waals surface area contributed by atoms with Gasteiger partial charge in [0, 0.05) is 25.2 Å². The van der Waals surface area contributed by atoms with Gasteiger partial charge in [-0.15, -0.1) is 0 Å². The maximum atomic E-state index is 11.2. The average Bonchev–Trinajstić information content (AvgIpc) is 2.25. The van der Waals surface area contributed by atoms with Crippen molar-refractivity contribution in [3.05, 3.63) is 27.8 Å². The normalized spacial score (nSPS) is 10.1. The third kappa shape index (κ3) is 2.52. The van der Waals surface area contributed by atoms with E-state index in [1.165, 1.54) is 17.9 Å². The molecule has 1 aromatic rings. The molecule has 1 amide bonds. The Bertz CT molecular complexity index is 471. The molecule has 92 valence electrons. The van der Waals surface area contributed by atoms with E-state index < -0.39 is 4.92 Å². The van der Waals surface area contributed by atoms with E-state index in [0.29, 0.717) is 17.7 Å². The molecule has 0 heterocycles. The van der Waals surface area contributed by atoms with E-state index in [0.717, 1.165) is 0 Å². The molecule has 0 unspecified atom stereocenters. The second-order valence-corrected chi connectivity index (χ2v) is 3.73. The van der Waals surface area contributed by atoms with E-state index >= 15 is 0 Å². The highest BCUT2D eigenvalue weighted by Crippen LogP contribution is 2.31. The number of nitro groups is 1. The molecule has 1 aromatic carbocycles. The highest BCUT2D eigenvalue weighted by molar-refractivity contribution is 5.92. The minimum atomic E-state index is -0.494. The number of anilines is 2.